The molecule has 0 amide bonds. The van der Waals surface area contributed by atoms with Gasteiger partial charge in [0.05, 0.1) is 12.3 Å². The van der Waals surface area contributed by atoms with E-state index in [0.717, 1.165) is 28.8 Å². The Morgan fingerprint density at radius 1 is 1.23 bits per heavy atom. The van der Waals surface area contributed by atoms with Crippen LogP contribution in [0.3, 0.4) is 0 Å². The Morgan fingerprint density at radius 2 is 2.00 bits per heavy atom. The van der Waals surface area contributed by atoms with Crippen LogP contribution in [0, 0.1) is 23.7 Å². The molecule has 31 heavy (non-hydrogen) atoms. The second-order valence-corrected chi connectivity index (χ2v) is 9.04. The molecule has 6 atom stereocenters. The molecule has 2 aliphatic rings. The first-order valence-electron chi connectivity index (χ1n) is 11.2. The molecule has 2 N–H and O–H groups in total. The molecule has 0 bridgehead atoms. The Bertz CT molecular complexity index is 970. The highest BCUT2D eigenvalue weighted by atomic mass is 16.6. The van der Waals surface area contributed by atoms with Gasteiger partial charge in [-0.3, -0.25) is 4.98 Å². The van der Waals surface area contributed by atoms with Crippen LogP contribution in [0.15, 0.2) is 48.7 Å². The smallest absolute Gasteiger partial charge is 0.338 e. The van der Waals surface area contributed by atoms with Crippen LogP contribution >= 0.6 is 0 Å². The standard InChI is InChI=1S/C26H31NO4/c1-4-21-16(2)13-26(30)24(17(3)31-25(26)29)23(21)12-11-20-10-9-18(14-27-20)22-8-6-5-7-19(22)15-28/h5-12,14,16-17,21,23-24,28,30H,4,13,15H2,1-3H3/b12-11+/t16?,17-,21?,23?,24?,26?/m1/s1. The summed E-state index contributed by atoms with van der Waals surface area (Å²) in [7, 11) is 0. The van der Waals surface area contributed by atoms with Crippen molar-refractivity contribution in [2.24, 2.45) is 23.7 Å². The van der Waals surface area contributed by atoms with E-state index in [9.17, 15) is 15.0 Å². The average Bonchev–Trinajstić information content (AvgIpc) is 2.99. The number of cyclic esters (lactones) is 1. The molecule has 0 radical (unpaired) electrons. The lowest BCUT2D eigenvalue weighted by atomic mass is 9.59. The predicted octanol–water partition coefficient (Wildman–Crippen LogP) is 4.23. The predicted molar refractivity (Wildman–Crippen MR) is 120 cm³/mol. The van der Waals surface area contributed by atoms with Gasteiger partial charge in [-0.2, -0.15) is 0 Å². The molecule has 5 unspecified atom stereocenters. The lowest BCUT2D eigenvalue weighted by Crippen LogP contribution is -2.53. The second kappa shape index (κ2) is 8.56. The number of hydrogen-bond acceptors (Lipinski definition) is 5. The fraction of sp³-hybridized carbons (Fsp3) is 0.462. The van der Waals surface area contributed by atoms with E-state index >= 15 is 0 Å². The molecule has 0 spiro atoms. The van der Waals surface area contributed by atoms with Crippen molar-refractivity contribution in [1.82, 2.24) is 4.98 Å². The monoisotopic (exact) mass is 421 g/mol. The van der Waals surface area contributed by atoms with Gasteiger partial charge in [-0.15, -0.1) is 0 Å². The Kier molecular flexibility index (Phi) is 6.00. The number of nitrogens with zero attached hydrogens (tertiary/aromatic N) is 1. The summed E-state index contributed by atoms with van der Waals surface area (Å²) < 4.78 is 5.46. The molecule has 1 aromatic heterocycles. The molecule has 1 saturated carbocycles. The highest BCUT2D eigenvalue weighted by Gasteiger charge is 2.62. The largest absolute Gasteiger partial charge is 0.460 e. The quantitative estimate of drug-likeness (QED) is 0.707. The number of pyridine rings is 1. The minimum Gasteiger partial charge on any atom is -0.460 e. The Morgan fingerprint density at radius 3 is 2.68 bits per heavy atom. The van der Waals surface area contributed by atoms with Gasteiger partial charge >= 0.3 is 5.97 Å². The van der Waals surface area contributed by atoms with Crippen LogP contribution in [-0.4, -0.2) is 32.9 Å². The van der Waals surface area contributed by atoms with Crippen LogP contribution in [-0.2, 0) is 16.1 Å². The number of benzene rings is 1. The molecule has 1 aliphatic heterocycles. The van der Waals surface area contributed by atoms with E-state index in [2.05, 4.69) is 24.9 Å². The Labute approximate surface area is 183 Å². The highest BCUT2D eigenvalue weighted by Crippen LogP contribution is 2.52. The molecule has 1 saturated heterocycles. The van der Waals surface area contributed by atoms with Gasteiger partial charge in [-0.05, 0) is 54.4 Å². The van der Waals surface area contributed by atoms with Gasteiger partial charge in [0, 0.05) is 17.7 Å². The molecule has 1 aromatic carbocycles. The zero-order valence-corrected chi connectivity index (χ0v) is 18.4. The lowest BCUT2D eigenvalue weighted by molar-refractivity contribution is -0.160. The van der Waals surface area contributed by atoms with E-state index in [1.54, 1.807) is 0 Å². The van der Waals surface area contributed by atoms with Crippen molar-refractivity contribution < 1.29 is 19.7 Å². The van der Waals surface area contributed by atoms with Gasteiger partial charge < -0.3 is 14.9 Å². The summed E-state index contributed by atoms with van der Waals surface area (Å²) in [5.74, 6) is -0.0852. The van der Waals surface area contributed by atoms with Crippen LogP contribution < -0.4 is 0 Å². The van der Waals surface area contributed by atoms with Crippen molar-refractivity contribution >= 4 is 12.0 Å². The number of ether oxygens (including phenoxy) is 1. The first kappa shape index (κ1) is 21.7. The average molecular weight is 422 g/mol. The van der Waals surface area contributed by atoms with E-state index in [4.69, 9.17) is 4.74 Å². The number of allylic oxidation sites excluding steroid dienone is 1. The van der Waals surface area contributed by atoms with Gasteiger partial charge in [-0.1, -0.05) is 56.7 Å². The third kappa shape index (κ3) is 3.81. The van der Waals surface area contributed by atoms with Gasteiger partial charge in [0.2, 0.25) is 0 Å². The van der Waals surface area contributed by atoms with Gasteiger partial charge in [0.25, 0.3) is 0 Å². The van der Waals surface area contributed by atoms with E-state index in [-0.39, 0.29) is 30.5 Å². The molecule has 2 aromatic rings. The number of aromatic nitrogens is 1. The minimum absolute atomic E-state index is 0.0145. The first-order valence-corrected chi connectivity index (χ1v) is 11.2. The summed E-state index contributed by atoms with van der Waals surface area (Å²) in [5.41, 5.74) is 2.22. The summed E-state index contributed by atoms with van der Waals surface area (Å²) >= 11 is 0. The fourth-order valence-corrected chi connectivity index (χ4v) is 5.76. The molecule has 5 heteroatoms. The number of aliphatic hydroxyl groups excluding tert-OH is 1. The molecule has 4 rings (SSSR count). The van der Waals surface area contributed by atoms with Crippen molar-refractivity contribution in [2.75, 3.05) is 0 Å². The molecule has 164 valence electrons. The molecule has 2 heterocycles. The van der Waals surface area contributed by atoms with Crippen molar-refractivity contribution in [3.63, 3.8) is 0 Å². The summed E-state index contributed by atoms with van der Waals surface area (Å²) in [6.07, 6.45) is 7.05. The SMILES string of the molecule is CCC1C(C)CC2(O)C(=O)O[C@H](C)C2C1/C=C/c1ccc(-c2ccccc2CO)cn1. The van der Waals surface area contributed by atoms with Crippen LogP contribution in [0.1, 0.15) is 44.9 Å². The number of rotatable bonds is 5. The van der Waals surface area contributed by atoms with Crippen LogP contribution in [0.5, 0.6) is 0 Å². The van der Waals surface area contributed by atoms with Crippen molar-refractivity contribution in [3.05, 3.63) is 59.9 Å². The molecule has 2 fully saturated rings. The third-order valence-electron chi connectivity index (χ3n) is 7.22. The summed E-state index contributed by atoms with van der Waals surface area (Å²) in [6, 6.07) is 11.7. The molecule has 5 nitrogen and oxygen atoms in total. The topological polar surface area (TPSA) is 79.7 Å². The maximum absolute atomic E-state index is 12.4. The number of hydrogen-bond donors (Lipinski definition) is 2. The van der Waals surface area contributed by atoms with Gasteiger partial charge in [0.15, 0.2) is 5.60 Å². The molecule has 1 aliphatic carbocycles. The van der Waals surface area contributed by atoms with Crippen molar-refractivity contribution in [3.8, 4) is 11.1 Å². The maximum atomic E-state index is 12.4. The minimum atomic E-state index is -1.40. The van der Waals surface area contributed by atoms with Crippen molar-refractivity contribution in [2.45, 2.75) is 51.9 Å². The zero-order chi connectivity index (χ0) is 22.2. The van der Waals surface area contributed by atoms with Crippen LogP contribution in [0.2, 0.25) is 0 Å². The summed E-state index contributed by atoms with van der Waals surface area (Å²) in [4.78, 5) is 17.0. The zero-order valence-electron chi connectivity index (χ0n) is 18.4. The number of fused-ring (bicyclic) bond motifs is 1. The first-order chi connectivity index (χ1) is 14.9. The van der Waals surface area contributed by atoms with Crippen LogP contribution in [0.4, 0.5) is 0 Å². The number of carbonyl (C=O) groups is 1. The lowest BCUT2D eigenvalue weighted by Gasteiger charge is -2.45. The number of esters is 1. The number of aliphatic hydroxyl groups is 2. The van der Waals surface area contributed by atoms with Crippen LogP contribution in [0.25, 0.3) is 17.2 Å². The molecular weight excluding hydrogens is 390 g/mol. The Balaban J connectivity index is 1.61. The van der Waals surface area contributed by atoms with E-state index in [1.165, 1.54) is 0 Å². The number of carbonyl (C=O) groups excluding carboxylic acids is 1. The normalized spacial score (nSPS) is 32.8. The summed E-state index contributed by atoms with van der Waals surface area (Å²) in [6.45, 7) is 6.15. The molecular formula is C26H31NO4. The third-order valence-corrected chi connectivity index (χ3v) is 7.22. The maximum Gasteiger partial charge on any atom is 0.338 e. The fourth-order valence-electron chi connectivity index (χ4n) is 5.76. The van der Waals surface area contributed by atoms with Gasteiger partial charge in [0.1, 0.15) is 6.10 Å². The van der Waals surface area contributed by atoms with Gasteiger partial charge in [-0.25, -0.2) is 4.79 Å². The van der Waals surface area contributed by atoms with E-state index in [1.807, 2.05) is 55.6 Å². The van der Waals surface area contributed by atoms with E-state index in [0.29, 0.717) is 12.3 Å². The highest BCUT2D eigenvalue weighted by molar-refractivity contribution is 5.82. The Hall–Kier alpha value is -2.50. The second-order valence-electron chi connectivity index (χ2n) is 9.04. The summed E-state index contributed by atoms with van der Waals surface area (Å²) in [5, 5.41) is 20.8. The van der Waals surface area contributed by atoms with E-state index < -0.39 is 11.6 Å². The van der Waals surface area contributed by atoms with Crippen molar-refractivity contribution in [1.29, 1.82) is 0 Å².